The number of hydrogen-bond acceptors (Lipinski definition) is 10. The van der Waals surface area contributed by atoms with Crippen molar-refractivity contribution in [1.29, 1.82) is 0 Å². The van der Waals surface area contributed by atoms with Crippen molar-refractivity contribution in [2.45, 2.75) is 211 Å². The molecule has 10 heteroatoms. The second-order valence-electron chi connectivity index (χ2n) is 15.2. The van der Waals surface area contributed by atoms with Crippen LogP contribution in [-0.2, 0) is 28.5 Å². The molecule has 0 aliphatic carbocycles. The van der Waals surface area contributed by atoms with Crippen LogP contribution >= 0.6 is 0 Å². The molecule has 1 saturated heterocycles. The average Bonchev–Trinajstić information content (AvgIpc) is 3.19. The van der Waals surface area contributed by atoms with Gasteiger partial charge in [0.1, 0.15) is 31.0 Å². The SMILES string of the molecule is CCCCC/C=C/C/C=C/C/C=C/C/C=C/CCCC(=O)O[C@H](COC(=O)CCCCCCCCCCCCCCCC)CO[C@@H]1O[C@H](CO)[C@H](O)C(O)C1O. The molecule has 0 aromatic rings. The number of ether oxygens (including phenoxy) is 4. The van der Waals surface area contributed by atoms with Crippen LogP contribution in [0.4, 0.5) is 0 Å². The highest BCUT2D eigenvalue weighted by atomic mass is 16.7. The fourth-order valence-corrected chi connectivity index (χ4v) is 6.42. The smallest absolute Gasteiger partial charge is 0.306 e. The van der Waals surface area contributed by atoms with Crippen molar-refractivity contribution in [2.75, 3.05) is 19.8 Å². The molecule has 0 aromatic heterocycles. The predicted molar refractivity (Wildman–Crippen MR) is 224 cm³/mol. The van der Waals surface area contributed by atoms with E-state index in [0.29, 0.717) is 12.8 Å². The molecule has 1 rings (SSSR count). The summed E-state index contributed by atoms with van der Waals surface area (Å²) in [6.45, 7) is 3.34. The molecule has 0 radical (unpaired) electrons. The van der Waals surface area contributed by atoms with Gasteiger partial charge in [-0.25, -0.2) is 0 Å². The highest BCUT2D eigenvalue weighted by Crippen LogP contribution is 2.22. The van der Waals surface area contributed by atoms with E-state index in [9.17, 15) is 30.0 Å². The number of allylic oxidation sites excluding steroid dienone is 8. The van der Waals surface area contributed by atoms with E-state index in [0.717, 1.165) is 44.9 Å². The lowest BCUT2D eigenvalue weighted by atomic mass is 9.99. The molecule has 1 aliphatic heterocycles. The van der Waals surface area contributed by atoms with Gasteiger partial charge in [0.25, 0.3) is 0 Å². The quantitative estimate of drug-likeness (QED) is 0.0275. The standard InChI is InChI=1S/C46H80O10/c1-3-5-7-9-11-13-15-17-19-20-21-23-25-27-29-31-33-35-42(49)55-39(38-54-46-45(52)44(51)43(50)40(36-47)56-46)37-53-41(48)34-32-30-28-26-24-22-18-16-14-12-10-8-6-4-2/h11,13,17,19,21,23,27,29,39-40,43-47,50-52H,3-10,12,14-16,18,20,22,24-26,28,30-38H2,1-2H3/b13-11+,19-17+,23-21+,29-27+/t39-,40-,43+,44?,45?,46-/m1/s1. The largest absolute Gasteiger partial charge is 0.462 e. The van der Waals surface area contributed by atoms with Crippen molar-refractivity contribution in [3.05, 3.63) is 48.6 Å². The van der Waals surface area contributed by atoms with Crippen LogP contribution in [-0.4, -0.2) is 89.0 Å². The van der Waals surface area contributed by atoms with Gasteiger partial charge in [-0.1, -0.05) is 159 Å². The van der Waals surface area contributed by atoms with Crippen molar-refractivity contribution in [3.8, 4) is 0 Å². The van der Waals surface area contributed by atoms with Gasteiger partial charge < -0.3 is 39.4 Å². The zero-order valence-electron chi connectivity index (χ0n) is 35.1. The average molecular weight is 793 g/mol. The van der Waals surface area contributed by atoms with Gasteiger partial charge >= 0.3 is 11.9 Å². The highest BCUT2D eigenvalue weighted by Gasteiger charge is 2.44. The van der Waals surface area contributed by atoms with E-state index in [2.05, 4.69) is 56.4 Å². The first-order valence-electron chi connectivity index (χ1n) is 22.2. The van der Waals surface area contributed by atoms with Crippen LogP contribution in [0.2, 0.25) is 0 Å². The Balaban J connectivity index is 2.39. The second kappa shape index (κ2) is 37.0. The number of hydrogen-bond donors (Lipinski definition) is 4. The lowest BCUT2D eigenvalue weighted by molar-refractivity contribution is -0.305. The topological polar surface area (TPSA) is 152 Å². The minimum absolute atomic E-state index is 0.154. The number of carbonyl (C=O) groups excluding carboxylic acids is 2. The van der Waals surface area contributed by atoms with Gasteiger partial charge in [0, 0.05) is 12.8 Å². The molecular formula is C46H80O10. The monoisotopic (exact) mass is 793 g/mol. The number of unbranched alkanes of at least 4 members (excludes halogenated alkanes) is 17. The molecule has 0 aromatic carbocycles. The zero-order chi connectivity index (χ0) is 40.9. The normalized spacial score (nSPS) is 20.9. The number of aliphatic hydroxyl groups excluding tert-OH is 4. The molecule has 1 aliphatic rings. The summed E-state index contributed by atoms with van der Waals surface area (Å²) in [5.74, 6) is -0.871. The van der Waals surface area contributed by atoms with Crippen molar-refractivity contribution < 1.29 is 49.0 Å². The molecule has 10 nitrogen and oxygen atoms in total. The summed E-state index contributed by atoms with van der Waals surface area (Å²) < 4.78 is 22.1. The van der Waals surface area contributed by atoms with Gasteiger partial charge in [-0.2, -0.15) is 0 Å². The molecular weight excluding hydrogens is 712 g/mol. The van der Waals surface area contributed by atoms with Crippen LogP contribution in [0.25, 0.3) is 0 Å². The second-order valence-corrected chi connectivity index (χ2v) is 15.2. The summed E-state index contributed by atoms with van der Waals surface area (Å²) in [5.41, 5.74) is 0. The molecule has 1 heterocycles. The molecule has 0 saturated carbocycles. The van der Waals surface area contributed by atoms with E-state index in [1.54, 1.807) is 0 Å². The molecule has 1 fully saturated rings. The van der Waals surface area contributed by atoms with Gasteiger partial charge in [-0.3, -0.25) is 9.59 Å². The van der Waals surface area contributed by atoms with Crippen molar-refractivity contribution in [2.24, 2.45) is 0 Å². The van der Waals surface area contributed by atoms with Crippen LogP contribution in [0.5, 0.6) is 0 Å². The van der Waals surface area contributed by atoms with Crippen molar-refractivity contribution >= 4 is 11.9 Å². The third-order valence-electron chi connectivity index (χ3n) is 9.97. The maximum absolute atomic E-state index is 12.7. The summed E-state index contributed by atoms with van der Waals surface area (Å²) in [6, 6.07) is 0. The highest BCUT2D eigenvalue weighted by molar-refractivity contribution is 5.70. The number of carbonyl (C=O) groups is 2. The Morgan fingerprint density at radius 1 is 0.554 bits per heavy atom. The lowest BCUT2D eigenvalue weighted by Gasteiger charge is -2.39. The zero-order valence-corrected chi connectivity index (χ0v) is 35.1. The minimum Gasteiger partial charge on any atom is -0.462 e. The Hall–Kier alpha value is -2.34. The summed E-state index contributed by atoms with van der Waals surface area (Å²) in [4.78, 5) is 25.3. The summed E-state index contributed by atoms with van der Waals surface area (Å²) in [7, 11) is 0. The third-order valence-corrected chi connectivity index (χ3v) is 9.97. The van der Waals surface area contributed by atoms with E-state index < -0.39 is 55.4 Å². The Labute approximate surface area is 339 Å². The molecule has 324 valence electrons. The maximum atomic E-state index is 12.7. The van der Waals surface area contributed by atoms with Gasteiger partial charge in [-0.05, 0) is 51.4 Å². The van der Waals surface area contributed by atoms with Gasteiger partial charge in [0.2, 0.25) is 0 Å². The number of esters is 2. The molecule has 6 atom stereocenters. The lowest BCUT2D eigenvalue weighted by Crippen LogP contribution is -2.59. The van der Waals surface area contributed by atoms with E-state index >= 15 is 0 Å². The molecule has 56 heavy (non-hydrogen) atoms. The Bertz CT molecular complexity index is 1050. The van der Waals surface area contributed by atoms with Crippen molar-refractivity contribution in [3.63, 3.8) is 0 Å². The molecule has 0 spiro atoms. The summed E-state index contributed by atoms with van der Waals surface area (Å²) >= 11 is 0. The van der Waals surface area contributed by atoms with Crippen LogP contribution in [0.15, 0.2) is 48.6 Å². The van der Waals surface area contributed by atoms with E-state index in [4.69, 9.17) is 18.9 Å². The first kappa shape index (κ1) is 51.7. The van der Waals surface area contributed by atoms with Crippen LogP contribution in [0.1, 0.15) is 174 Å². The van der Waals surface area contributed by atoms with Gasteiger partial charge in [0.05, 0.1) is 13.2 Å². The number of aliphatic hydroxyl groups is 4. The van der Waals surface area contributed by atoms with E-state index in [1.165, 1.54) is 89.9 Å². The third kappa shape index (κ3) is 28.1. The van der Waals surface area contributed by atoms with Gasteiger partial charge in [-0.15, -0.1) is 0 Å². The van der Waals surface area contributed by atoms with E-state index in [1.807, 2.05) is 6.08 Å². The fraction of sp³-hybridized carbons (Fsp3) is 0.783. The van der Waals surface area contributed by atoms with Crippen LogP contribution < -0.4 is 0 Å². The molecule has 0 bridgehead atoms. The Morgan fingerprint density at radius 3 is 1.55 bits per heavy atom. The minimum atomic E-state index is -1.60. The first-order chi connectivity index (χ1) is 27.3. The predicted octanol–water partition coefficient (Wildman–Crippen LogP) is 9.27. The van der Waals surface area contributed by atoms with Crippen LogP contribution in [0, 0.1) is 0 Å². The van der Waals surface area contributed by atoms with Crippen LogP contribution in [0.3, 0.4) is 0 Å². The fourth-order valence-electron chi connectivity index (χ4n) is 6.42. The maximum Gasteiger partial charge on any atom is 0.306 e. The van der Waals surface area contributed by atoms with Crippen molar-refractivity contribution in [1.82, 2.24) is 0 Å². The Morgan fingerprint density at radius 2 is 1.02 bits per heavy atom. The molecule has 0 amide bonds. The number of rotatable bonds is 36. The van der Waals surface area contributed by atoms with E-state index in [-0.39, 0.29) is 26.1 Å². The molecule has 2 unspecified atom stereocenters. The summed E-state index contributed by atoms with van der Waals surface area (Å²) in [5, 5.41) is 40.0. The molecule has 4 N–H and O–H groups in total. The van der Waals surface area contributed by atoms with Gasteiger partial charge in [0.15, 0.2) is 12.4 Å². The first-order valence-corrected chi connectivity index (χ1v) is 22.2. The Kier molecular flexibility index (Phi) is 34.1. The summed E-state index contributed by atoms with van der Waals surface area (Å²) in [6.07, 6.45) is 35.5.